The molecule has 0 saturated carbocycles. The van der Waals surface area contributed by atoms with Crippen molar-refractivity contribution in [3.63, 3.8) is 0 Å². The average Bonchev–Trinajstić information content (AvgIpc) is 2.74. The van der Waals surface area contributed by atoms with Crippen LogP contribution in [0.15, 0.2) is 39.5 Å². The van der Waals surface area contributed by atoms with Gasteiger partial charge in [-0.15, -0.1) is 0 Å². The summed E-state index contributed by atoms with van der Waals surface area (Å²) in [5.74, 6) is -0.167. The molecule has 0 radical (unpaired) electrons. The summed E-state index contributed by atoms with van der Waals surface area (Å²) in [7, 11) is 2.79. The van der Waals surface area contributed by atoms with Gasteiger partial charge < -0.3 is 38.7 Å². The number of rotatable bonds is 4. The predicted octanol–water partition coefficient (Wildman–Crippen LogP) is 2.09. The summed E-state index contributed by atoms with van der Waals surface area (Å²) in [6.07, 6.45) is -1.79. The largest absolute Gasteiger partial charge is 0.504 e. The molecule has 2 atom stereocenters. The summed E-state index contributed by atoms with van der Waals surface area (Å²) in [6, 6.07) is 7.22. The third-order valence-corrected chi connectivity index (χ3v) is 4.66. The van der Waals surface area contributed by atoms with Crippen LogP contribution in [0.1, 0.15) is 11.7 Å². The third kappa shape index (κ3) is 3.05. The lowest BCUT2D eigenvalue weighted by molar-refractivity contribution is -0.0136. The molecule has 1 aromatic heterocycles. The van der Waals surface area contributed by atoms with E-state index in [0.717, 1.165) is 0 Å². The van der Waals surface area contributed by atoms with Gasteiger partial charge in [-0.3, -0.25) is 0 Å². The van der Waals surface area contributed by atoms with Crippen LogP contribution in [0.25, 0.3) is 11.0 Å². The predicted molar refractivity (Wildman–Crippen MR) is 100 cm³/mol. The zero-order valence-corrected chi connectivity index (χ0v) is 15.5. The molecule has 2 heterocycles. The molecule has 9 heteroatoms. The van der Waals surface area contributed by atoms with Gasteiger partial charge in [0.15, 0.2) is 35.0 Å². The number of aliphatic hydroxyl groups is 1. The number of ether oxygens (including phenoxy) is 4. The van der Waals surface area contributed by atoms with Crippen molar-refractivity contribution < 1.29 is 38.7 Å². The Kier molecular flexibility index (Phi) is 4.59. The van der Waals surface area contributed by atoms with Crippen LogP contribution in [0.4, 0.5) is 0 Å². The molecule has 0 saturated heterocycles. The van der Waals surface area contributed by atoms with Gasteiger partial charge in [0.1, 0.15) is 0 Å². The molecule has 3 aromatic rings. The van der Waals surface area contributed by atoms with Crippen molar-refractivity contribution in [2.45, 2.75) is 12.2 Å². The average molecular weight is 402 g/mol. The summed E-state index contributed by atoms with van der Waals surface area (Å²) in [6.45, 7) is -0.441. The Balaban J connectivity index is 1.89. The Bertz CT molecular complexity index is 1130. The van der Waals surface area contributed by atoms with Gasteiger partial charge in [0.2, 0.25) is 17.2 Å². The van der Waals surface area contributed by atoms with E-state index in [4.69, 9.17) is 23.4 Å². The minimum Gasteiger partial charge on any atom is -0.504 e. The quantitative estimate of drug-likeness (QED) is 0.444. The van der Waals surface area contributed by atoms with Crippen molar-refractivity contribution in [3.05, 3.63) is 46.3 Å². The topological polar surface area (TPSA) is 128 Å². The molecule has 29 heavy (non-hydrogen) atoms. The fourth-order valence-electron chi connectivity index (χ4n) is 3.28. The number of phenolic OH excluding ortho intramolecular Hbond substituents is 2. The molecule has 2 unspecified atom stereocenters. The highest BCUT2D eigenvalue weighted by Crippen LogP contribution is 2.50. The first-order valence-corrected chi connectivity index (χ1v) is 8.65. The number of methoxy groups -OCH3 is 2. The minimum absolute atomic E-state index is 0.0301. The lowest BCUT2D eigenvalue weighted by atomic mass is 10.0. The molecule has 0 fully saturated rings. The van der Waals surface area contributed by atoms with Crippen molar-refractivity contribution in [2.24, 2.45) is 0 Å². The molecule has 2 aromatic carbocycles. The van der Waals surface area contributed by atoms with Gasteiger partial charge in [0.05, 0.1) is 20.8 Å². The van der Waals surface area contributed by atoms with Crippen LogP contribution in [0, 0.1) is 0 Å². The summed E-state index contributed by atoms with van der Waals surface area (Å²) in [5, 5.41) is 30.3. The second kappa shape index (κ2) is 7.10. The molecule has 3 N–H and O–H groups in total. The van der Waals surface area contributed by atoms with Crippen LogP contribution < -0.4 is 24.6 Å². The van der Waals surface area contributed by atoms with Crippen LogP contribution in [0.2, 0.25) is 0 Å². The summed E-state index contributed by atoms with van der Waals surface area (Å²) in [4.78, 5) is 11.7. The molecule has 4 rings (SSSR count). The van der Waals surface area contributed by atoms with Crippen LogP contribution in [0.5, 0.6) is 34.5 Å². The number of hydrogen-bond acceptors (Lipinski definition) is 9. The van der Waals surface area contributed by atoms with E-state index in [1.807, 2.05) is 0 Å². The summed E-state index contributed by atoms with van der Waals surface area (Å²) >= 11 is 0. The molecule has 0 aliphatic carbocycles. The molecule has 0 bridgehead atoms. The van der Waals surface area contributed by atoms with Crippen molar-refractivity contribution in [3.8, 4) is 34.5 Å². The van der Waals surface area contributed by atoms with Crippen LogP contribution in [-0.4, -0.2) is 42.3 Å². The third-order valence-electron chi connectivity index (χ3n) is 4.66. The van der Waals surface area contributed by atoms with Crippen molar-refractivity contribution in [1.29, 1.82) is 0 Å². The number of aliphatic hydroxyl groups excluding tert-OH is 1. The second-order valence-corrected chi connectivity index (χ2v) is 6.38. The first-order valence-electron chi connectivity index (χ1n) is 8.65. The van der Waals surface area contributed by atoms with Gasteiger partial charge in [0, 0.05) is 17.0 Å². The zero-order valence-electron chi connectivity index (χ0n) is 15.5. The Morgan fingerprint density at radius 2 is 1.76 bits per heavy atom. The second-order valence-electron chi connectivity index (χ2n) is 6.38. The van der Waals surface area contributed by atoms with Gasteiger partial charge in [-0.25, -0.2) is 4.79 Å². The fourth-order valence-corrected chi connectivity index (χ4v) is 3.28. The van der Waals surface area contributed by atoms with E-state index in [0.29, 0.717) is 16.7 Å². The van der Waals surface area contributed by atoms with Gasteiger partial charge in [-0.2, -0.15) is 0 Å². The van der Waals surface area contributed by atoms with E-state index >= 15 is 0 Å². The smallest absolute Gasteiger partial charge is 0.336 e. The van der Waals surface area contributed by atoms with Gasteiger partial charge in [-0.1, -0.05) is 0 Å². The molecular formula is C20H18O9. The number of aromatic hydroxyl groups is 2. The first kappa shape index (κ1) is 18.8. The number of hydrogen-bond donors (Lipinski definition) is 3. The van der Waals surface area contributed by atoms with Crippen LogP contribution in [0.3, 0.4) is 0 Å². The highest BCUT2D eigenvalue weighted by atomic mass is 16.6. The molecule has 0 amide bonds. The Morgan fingerprint density at radius 1 is 1.00 bits per heavy atom. The van der Waals surface area contributed by atoms with E-state index in [1.54, 1.807) is 12.1 Å². The SMILES string of the molecule is COc1cc(C2Oc3c(OC)cc4ccc(=O)oc4c3OC2CO)cc(O)c1O. The van der Waals surface area contributed by atoms with E-state index in [2.05, 4.69) is 0 Å². The van der Waals surface area contributed by atoms with Crippen LogP contribution >= 0.6 is 0 Å². The molecule has 1 aliphatic rings. The minimum atomic E-state index is -0.906. The van der Waals surface area contributed by atoms with Crippen molar-refractivity contribution >= 4 is 11.0 Å². The monoisotopic (exact) mass is 402 g/mol. The van der Waals surface area contributed by atoms with E-state index in [-0.39, 0.29) is 22.8 Å². The summed E-state index contributed by atoms with van der Waals surface area (Å²) < 4.78 is 27.7. The Hall–Kier alpha value is -3.59. The van der Waals surface area contributed by atoms with Crippen LogP contribution in [-0.2, 0) is 0 Å². The van der Waals surface area contributed by atoms with Gasteiger partial charge >= 0.3 is 5.63 Å². The van der Waals surface area contributed by atoms with E-state index < -0.39 is 35.9 Å². The Morgan fingerprint density at radius 3 is 2.45 bits per heavy atom. The summed E-state index contributed by atoms with van der Waals surface area (Å²) in [5.41, 5.74) is -0.0146. The Labute approximate surface area is 164 Å². The standard InChI is InChI=1S/C20H18O9/c1-25-12-7-10(5-11(22)16(12)24)17-14(8-21)27-20-18-9(3-4-15(23)28-18)6-13(26-2)19(20)29-17/h3-7,14,17,21-22,24H,8H2,1-2H3. The molecule has 0 spiro atoms. The normalized spacial score (nSPS) is 17.9. The number of fused-ring (bicyclic) bond motifs is 3. The molecule has 1 aliphatic heterocycles. The highest BCUT2D eigenvalue weighted by Gasteiger charge is 2.37. The zero-order chi connectivity index (χ0) is 20.7. The van der Waals surface area contributed by atoms with Crippen molar-refractivity contribution in [2.75, 3.05) is 20.8 Å². The maximum atomic E-state index is 11.7. The maximum Gasteiger partial charge on any atom is 0.336 e. The highest BCUT2D eigenvalue weighted by molar-refractivity contribution is 5.88. The van der Waals surface area contributed by atoms with Gasteiger partial charge in [-0.05, 0) is 24.3 Å². The molecular weight excluding hydrogens is 384 g/mol. The van der Waals surface area contributed by atoms with E-state index in [1.165, 1.54) is 32.4 Å². The van der Waals surface area contributed by atoms with Gasteiger partial charge in [0.25, 0.3) is 0 Å². The fraction of sp³-hybridized carbons (Fsp3) is 0.250. The van der Waals surface area contributed by atoms with E-state index in [9.17, 15) is 20.1 Å². The first-order chi connectivity index (χ1) is 14.0. The number of benzene rings is 2. The maximum absolute atomic E-state index is 11.7. The lowest BCUT2D eigenvalue weighted by Crippen LogP contribution is -2.36. The number of phenols is 2. The van der Waals surface area contributed by atoms with Crippen molar-refractivity contribution in [1.82, 2.24) is 0 Å². The lowest BCUT2D eigenvalue weighted by Gasteiger charge is -2.34. The molecule has 152 valence electrons. The molecule has 9 nitrogen and oxygen atoms in total.